The molecular weight excluding hydrogens is 491 g/mol. The van der Waals surface area contributed by atoms with Crippen LogP contribution >= 0.6 is 24.0 Å². The summed E-state index contributed by atoms with van der Waals surface area (Å²) in [4.78, 5) is 9.38. The van der Waals surface area contributed by atoms with Crippen molar-refractivity contribution in [2.45, 2.75) is 70.5 Å². The number of fused-ring (bicyclic) bond motifs is 1. The van der Waals surface area contributed by atoms with E-state index in [0.29, 0.717) is 18.3 Å². The van der Waals surface area contributed by atoms with Gasteiger partial charge in [0.1, 0.15) is 11.6 Å². The highest BCUT2D eigenvalue weighted by Crippen LogP contribution is 2.24. The Bertz CT molecular complexity index is 803. The molecule has 2 atom stereocenters. The lowest BCUT2D eigenvalue weighted by molar-refractivity contribution is 0.395. The highest BCUT2D eigenvalue weighted by Gasteiger charge is 2.29. The summed E-state index contributed by atoms with van der Waals surface area (Å²) in [5.41, 5.74) is 0. The van der Waals surface area contributed by atoms with Gasteiger partial charge in [0.15, 0.2) is 15.8 Å². The summed E-state index contributed by atoms with van der Waals surface area (Å²) in [5, 5.41) is 11.6. The minimum atomic E-state index is -2.86. The molecule has 0 bridgehead atoms. The Morgan fingerprint density at radius 1 is 1.18 bits per heavy atom. The molecule has 1 saturated heterocycles. The quantitative estimate of drug-likeness (QED) is 0.356. The molecule has 2 N–H and O–H groups in total. The van der Waals surface area contributed by atoms with Gasteiger partial charge in [0.2, 0.25) is 0 Å². The molecule has 3 aliphatic rings. The second kappa shape index (κ2) is 9.27. The van der Waals surface area contributed by atoms with Gasteiger partial charge in [-0.05, 0) is 44.9 Å². The van der Waals surface area contributed by atoms with Crippen LogP contribution in [0, 0.1) is 12.8 Å². The fourth-order valence-electron chi connectivity index (χ4n) is 4.40. The third kappa shape index (κ3) is 5.37. The Morgan fingerprint density at radius 3 is 2.68 bits per heavy atom. The summed E-state index contributed by atoms with van der Waals surface area (Å²) in [7, 11) is -2.86. The van der Waals surface area contributed by atoms with Crippen LogP contribution in [0.2, 0.25) is 0 Å². The van der Waals surface area contributed by atoms with Crippen molar-refractivity contribution in [2.75, 3.05) is 18.1 Å². The van der Waals surface area contributed by atoms with E-state index in [1.165, 1.54) is 25.7 Å². The fraction of sp³-hybridized carbons (Fsp3) is 0.833. The summed E-state index contributed by atoms with van der Waals surface area (Å²) < 4.78 is 25.4. The number of halogens is 1. The molecule has 2 fully saturated rings. The molecule has 0 spiro atoms. The molecule has 1 aromatic heterocycles. The number of nitrogens with one attached hydrogen (secondary N) is 2. The van der Waals surface area contributed by atoms with Crippen molar-refractivity contribution in [3.8, 4) is 0 Å². The van der Waals surface area contributed by atoms with Gasteiger partial charge in [-0.15, -0.1) is 24.0 Å². The Morgan fingerprint density at radius 2 is 1.96 bits per heavy atom. The van der Waals surface area contributed by atoms with Crippen LogP contribution < -0.4 is 10.6 Å². The maximum absolute atomic E-state index is 11.7. The second-order valence-electron chi connectivity index (χ2n) is 8.16. The smallest absolute Gasteiger partial charge is 0.192 e. The van der Waals surface area contributed by atoms with Crippen LogP contribution in [-0.2, 0) is 16.4 Å². The maximum Gasteiger partial charge on any atom is 0.192 e. The number of nitrogens with zero attached hydrogens (tertiary/aromatic N) is 4. The highest BCUT2D eigenvalue weighted by atomic mass is 127. The number of hydrogen-bond donors (Lipinski definition) is 2. The Labute approximate surface area is 184 Å². The van der Waals surface area contributed by atoms with E-state index in [1.54, 1.807) is 0 Å². The molecule has 0 aromatic carbocycles. The number of rotatable bonds is 4. The number of aryl methyl sites for hydroxylation is 2. The molecule has 0 amide bonds. The van der Waals surface area contributed by atoms with Crippen LogP contribution in [0.25, 0.3) is 0 Å². The van der Waals surface area contributed by atoms with Gasteiger partial charge in [0, 0.05) is 19.1 Å². The monoisotopic (exact) mass is 522 g/mol. The molecule has 1 aromatic rings. The number of hydrogen-bond acceptors (Lipinski definition) is 5. The third-order valence-electron chi connectivity index (χ3n) is 5.82. The minimum Gasteiger partial charge on any atom is -0.354 e. The second-order valence-corrected chi connectivity index (χ2v) is 10.4. The van der Waals surface area contributed by atoms with Crippen molar-refractivity contribution >= 4 is 39.8 Å². The summed E-state index contributed by atoms with van der Waals surface area (Å²) >= 11 is 0. The summed E-state index contributed by atoms with van der Waals surface area (Å²) in [6, 6.07) is 0.548. The minimum absolute atomic E-state index is 0. The summed E-state index contributed by atoms with van der Waals surface area (Å²) in [6.45, 7) is 3.39. The van der Waals surface area contributed by atoms with Crippen molar-refractivity contribution in [2.24, 2.45) is 10.9 Å². The lowest BCUT2D eigenvalue weighted by Crippen LogP contribution is -2.45. The van der Waals surface area contributed by atoms with Crippen molar-refractivity contribution in [1.82, 2.24) is 25.4 Å². The van der Waals surface area contributed by atoms with Crippen LogP contribution in [0.1, 0.15) is 62.6 Å². The van der Waals surface area contributed by atoms with E-state index in [9.17, 15) is 8.42 Å². The van der Waals surface area contributed by atoms with Gasteiger partial charge < -0.3 is 10.6 Å². The van der Waals surface area contributed by atoms with E-state index in [1.807, 2.05) is 11.6 Å². The van der Waals surface area contributed by atoms with Crippen LogP contribution in [0.4, 0.5) is 0 Å². The van der Waals surface area contributed by atoms with Gasteiger partial charge in [-0.2, -0.15) is 5.10 Å². The molecule has 10 heteroatoms. The Balaban J connectivity index is 0.00000225. The van der Waals surface area contributed by atoms with Gasteiger partial charge in [0.25, 0.3) is 0 Å². The first-order valence-electron chi connectivity index (χ1n) is 10.2. The van der Waals surface area contributed by atoms with Crippen molar-refractivity contribution < 1.29 is 8.42 Å². The van der Waals surface area contributed by atoms with Crippen LogP contribution in [0.15, 0.2) is 4.99 Å². The molecule has 2 aliphatic heterocycles. The largest absolute Gasteiger partial charge is 0.354 e. The maximum atomic E-state index is 11.7. The van der Waals surface area contributed by atoms with Crippen molar-refractivity contribution in [3.05, 3.63) is 11.6 Å². The van der Waals surface area contributed by atoms with Crippen LogP contribution in [-0.4, -0.2) is 53.2 Å². The standard InChI is InChI=1S/C18H30N6O2S.HI/c1-13-20-17-16(7-4-9-24(17)23-13)22-18(21-15-5-2-3-6-15)19-11-14-8-10-27(25,26)12-14;/h14-16H,2-12H2,1H3,(H2,19,21,22);1H. The number of aromatic nitrogens is 3. The SMILES string of the molecule is Cc1nc2n(n1)CCCC2NC(=NCC1CCS(=O)(=O)C1)NC1CCCC1.I. The van der Waals surface area contributed by atoms with Gasteiger partial charge in [0.05, 0.1) is 17.5 Å². The first kappa shape index (κ1) is 21.8. The Kier molecular flexibility index (Phi) is 7.21. The highest BCUT2D eigenvalue weighted by molar-refractivity contribution is 14.0. The molecule has 1 saturated carbocycles. The molecule has 0 radical (unpaired) electrons. The number of sulfone groups is 1. The molecule has 1 aliphatic carbocycles. The molecule has 28 heavy (non-hydrogen) atoms. The van der Waals surface area contributed by atoms with Gasteiger partial charge >= 0.3 is 0 Å². The van der Waals surface area contributed by atoms with Gasteiger partial charge in [-0.25, -0.2) is 18.1 Å². The summed E-state index contributed by atoms with van der Waals surface area (Å²) in [6.07, 6.45) is 7.62. The van der Waals surface area contributed by atoms with E-state index in [0.717, 1.165) is 43.4 Å². The average molecular weight is 522 g/mol. The third-order valence-corrected chi connectivity index (χ3v) is 7.66. The molecule has 2 unspecified atom stereocenters. The van der Waals surface area contributed by atoms with E-state index in [2.05, 4.69) is 20.7 Å². The molecule has 3 heterocycles. The number of aliphatic imine (C=N–C) groups is 1. The zero-order chi connectivity index (χ0) is 18.9. The first-order valence-corrected chi connectivity index (χ1v) is 12.0. The van der Waals surface area contributed by atoms with E-state index < -0.39 is 9.84 Å². The topological polar surface area (TPSA) is 101 Å². The number of guanidine groups is 1. The predicted molar refractivity (Wildman–Crippen MR) is 120 cm³/mol. The van der Waals surface area contributed by atoms with E-state index in [-0.39, 0.29) is 41.7 Å². The fourth-order valence-corrected chi connectivity index (χ4v) is 6.25. The van der Waals surface area contributed by atoms with Gasteiger partial charge in [-0.1, -0.05) is 12.8 Å². The lowest BCUT2D eigenvalue weighted by atomic mass is 10.1. The first-order chi connectivity index (χ1) is 13.0. The zero-order valence-corrected chi connectivity index (χ0v) is 19.6. The van der Waals surface area contributed by atoms with Crippen molar-refractivity contribution in [1.29, 1.82) is 0 Å². The van der Waals surface area contributed by atoms with E-state index in [4.69, 9.17) is 4.99 Å². The lowest BCUT2D eigenvalue weighted by Gasteiger charge is -2.26. The molecule has 158 valence electrons. The Hall–Kier alpha value is -0.910. The predicted octanol–water partition coefficient (Wildman–Crippen LogP) is 1.95. The summed E-state index contributed by atoms with van der Waals surface area (Å²) in [5.74, 6) is 3.28. The van der Waals surface area contributed by atoms with Crippen molar-refractivity contribution in [3.63, 3.8) is 0 Å². The molecule has 4 rings (SSSR count). The average Bonchev–Trinajstić information content (AvgIpc) is 3.32. The zero-order valence-electron chi connectivity index (χ0n) is 16.4. The molecular formula is C18H31IN6O2S. The normalized spacial score (nSPS) is 27.2. The molecule has 8 nitrogen and oxygen atoms in total. The van der Waals surface area contributed by atoms with Gasteiger partial charge in [-0.3, -0.25) is 4.99 Å². The van der Waals surface area contributed by atoms with Crippen LogP contribution in [0.3, 0.4) is 0 Å². The van der Waals surface area contributed by atoms with E-state index >= 15 is 0 Å². The van der Waals surface area contributed by atoms with Crippen LogP contribution in [0.5, 0.6) is 0 Å².